The van der Waals surface area contributed by atoms with Gasteiger partial charge in [-0.15, -0.1) is 0 Å². The Labute approximate surface area is 150 Å². The molecule has 0 amide bonds. The van der Waals surface area contributed by atoms with Crippen molar-refractivity contribution in [1.82, 2.24) is 0 Å². The van der Waals surface area contributed by atoms with Gasteiger partial charge in [0.1, 0.15) is 5.60 Å². The predicted octanol–water partition coefficient (Wildman–Crippen LogP) is 2.46. The zero-order valence-electron chi connectivity index (χ0n) is 15.6. The molecule has 4 rings (SSSR count). The monoisotopic (exact) mass is 348 g/mol. The van der Waals surface area contributed by atoms with Gasteiger partial charge in [0.05, 0.1) is 12.2 Å². The first-order chi connectivity index (χ1) is 11.6. The minimum atomic E-state index is -1.20. The molecular weight excluding hydrogens is 316 g/mol. The number of carbonyl (C=O) groups excluding carboxylic acids is 1. The van der Waals surface area contributed by atoms with Crippen LogP contribution in [0.2, 0.25) is 0 Å². The van der Waals surface area contributed by atoms with Crippen LogP contribution in [0.5, 0.6) is 0 Å². The van der Waals surface area contributed by atoms with Crippen LogP contribution in [0.1, 0.15) is 59.3 Å². The smallest absolute Gasteiger partial charge is 0.161 e. The van der Waals surface area contributed by atoms with Crippen LogP contribution in [0.3, 0.4) is 0 Å². The maximum Gasteiger partial charge on any atom is 0.161 e. The summed E-state index contributed by atoms with van der Waals surface area (Å²) in [6.07, 6.45) is 7.82. The Morgan fingerprint density at radius 2 is 1.72 bits per heavy atom. The molecule has 4 aliphatic rings. The maximum atomic E-state index is 12.2. The lowest BCUT2D eigenvalue weighted by atomic mass is 9.45. The Kier molecular flexibility index (Phi) is 3.82. The Morgan fingerprint density at radius 1 is 1.04 bits per heavy atom. The Balaban J connectivity index is 1.72. The highest BCUT2D eigenvalue weighted by molar-refractivity contribution is 5.86. The standard InChI is InChI=1S/C21H32O4/c1-12(22)21(25)9-6-16-14-11-18(24)17-10-13(23)4-7-19(17,2)15(14)5-8-20(16,21)3/h4,7,13-18,23-25H,5-6,8-11H2,1-3H3/t13-,14+,15-,16-,17?,18-,19+,20-,21-/m0/s1. The van der Waals surface area contributed by atoms with E-state index in [1.165, 1.54) is 6.92 Å². The molecule has 0 aromatic heterocycles. The van der Waals surface area contributed by atoms with E-state index in [1.807, 2.05) is 6.08 Å². The third-order valence-electron chi connectivity index (χ3n) is 8.92. The molecule has 0 heterocycles. The van der Waals surface area contributed by atoms with Gasteiger partial charge in [0.25, 0.3) is 0 Å². The van der Waals surface area contributed by atoms with E-state index in [0.717, 1.165) is 25.7 Å². The van der Waals surface area contributed by atoms with E-state index in [9.17, 15) is 20.1 Å². The van der Waals surface area contributed by atoms with Crippen LogP contribution in [-0.2, 0) is 4.79 Å². The molecule has 4 nitrogen and oxygen atoms in total. The second-order valence-electron chi connectivity index (χ2n) is 9.73. The zero-order valence-corrected chi connectivity index (χ0v) is 15.6. The minimum absolute atomic E-state index is 0.0974. The SMILES string of the molecule is CC(=O)[C@@]1(O)CC[C@H]2[C@@H]3C[C@H](O)C4C[C@@H](O)C=C[C@]4(C)[C@H]3CC[C@@]21C. The van der Waals surface area contributed by atoms with Gasteiger partial charge < -0.3 is 15.3 Å². The van der Waals surface area contributed by atoms with Crippen LogP contribution >= 0.6 is 0 Å². The summed E-state index contributed by atoms with van der Waals surface area (Å²) in [4.78, 5) is 12.2. The van der Waals surface area contributed by atoms with Crippen molar-refractivity contribution in [1.29, 1.82) is 0 Å². The molecule has 4 heteroatoms. The van der Waals surface area contributed by atoms with Crippen molar-refractivity contribution >= 4 is 5.78 Å². The van der Waals surface area contributed by atoms with Gasteiger partial charge in [-0.25, -0.2) is 0 Å². The van der Waals surface area contributed by atoms with Crippen LogP contribution in [0.25, 0.3) is 0 Å². The summed E-state index contributed by atoms with van der Waals surface area (Å²) in [7, 11) is 0. The van der Waals surface area contributed by atoms with Gasteiger partial charge in [0, 0.05) is 5.41 Å². The number of rotatable bonds is 1. The average molecular weight is 348 g/mol. The number of aliphatic hydroxyl groups excluding tert-OH is 2. The number of carbonyl (C=O) groups is 1. The van der Waals surface area contributed by atoms with E-state index in [4.69, 9.17) is 0 Å². The molecule has 4 aliphatic carbocycles. The summed E-state index contributed by atoms with van der Waals surface area (Å²) < 4.78 is 0. The van der Waals surface area contributed by atoms with E-state index in [1.54, 1.807) is 0 Å². The van der Waals surface area contributed by atoms with Crippen molar-refractivity contribution in [3.05, 3.63) is 12.2 Å². The van der Waals surface area contributed by atoms with E-state index < -0.39 is 17.8 Å². The Hall–Kier alpha value is -0.710. The van der Waals surface area contributed by atoms with Crippen LogP contribution in [0.4, 0.5) is 0 Å². The predicted molar refractivity (Wildman–Crippen MR) is 94.7 cm³/mol. The summed E-state index contributed by atoms with van der Waals surface area (Å²) in [5, 5.41) is 32.1. The molecule has 9 atom stereocenters. The Morgan fingerprint density at radius 3 is 2.40 bits per heavy atom. The van der Waals surface area contributed by atoms with E-state index in [0.29, 0.717) is 24.7 Å². The molecule has 0 saturated heterocycles. The third kappa shape index (κ3) is 2.14. The lowest BCUT2D eigenvalue weighted by Crippen LogP contribution is -2.60. The van der Waals surface area contributed by atoms with E-state index >= 15 is 0 Å². The lowest BCUT2D eigenvalue weighted by Gasteiger charge is -2.61. The highest BCUT2D eigenvalue weighted by atomic mass is 16.3. The van der Waals surface area contributed by atoms with Crippen LogP contribution in [0, 0.1) is 34.5 Å². The fraction of sp³-hybridized carbons (Fsp3) is 0.857. The third-order valence-corrected chi connectivity index (χ3v) is 8.92. The van der Waals surface area contributed by atoms with Gasteiger partial charge in [-0.1, -0.05) is 26.0 Å². The number of hydrogen-bond donors (Lipinski definition) is 3. The molecular formula is C21H32O4. The molecule has 3 fully saturated rings. The number of Topliss-reactive ketones (excluding diaryl/α,β-unsaturated/α-hetero) is 1. The number of hydrogen-bond acceptors (Lipinski definition) is 4. The Bertz CT molecular complexity index is 615. The van der Waals surface area contributed by atoms with Gasteiger partial charge in [-0.2, -0.15) is 0 Å². The quantitative estimate of drug-likeness (QED) is 0.636. The molecule has 0 aliphatic heterocycles. The number of allylic oxidation sites excluding steroid dienone is 1. The summed E-state index contributed by atoms with van der Waals surface area (Å²) in [5.74, 6) is 1.08. The molecule has 140 valence electrons. The highest BCUT2D eigenvalue weighted by Crippen LogP contribution is 2.67. The number of ketones is 1. The minimum Gasteiger partial charge on any atom is -0.393 e. The first-order valence-corrected chi connectivity index (χ1v) is 9.92. The van der Waals surface area contributed by atoms with Gasteiger partial charge in [-0.3, -0.25) is 4.79 Å². The van der Waals surface area contributed by atoms with Gasteiger partial charge in [0.2, 0.25) is 0 Å². The maximum absolute atomic E-state index is 12.2. The van der Waals surface area contributed by atoms with Crippen molar-refractivity contribution in [2.75, 3.05) is 0 Å². The molecule has 0 spiro atoms. The molecule has 1 unspecified atom stereocenters. The molecule has 3 saturated carbocycles. The van der Waals surface area contributed by atoms with Gasteiger partial charge in [0.15, 0.2) is 5.78 Å². The molecule has 0 aromatic rings. The summed E-state index contributed by atoms with van der Waals surface area (Å²) in [6.45, 7) is 5.87. The van der Waals surface area contributed by atoms with E-state index in [2.05, 4.69) is 19.9 Å². The summed E-state index contributed by atoms with van der Waals surface area (Å²) in [6, 6.07) is 0. The topological polar surface area (TPSA) is 77.8 Å². The first kappa shape index (κ1) is 17.7. The second kappa shape index (κ2) is 5.40. The summed E-state index contributed by atoms with van der Waals surface area (Å²) in [5.41, 5.74) is -1.68. The van der Waals surface area contributed by atoms with Gasteiger partial charge >= 0.3 is 0 Å². The van der Waals surface area contributed by atoms with Crippen molar-refractivity contribution < 1.29 is 20.1 Å². The summed E-state index contributed by atoms with van der Waals surface area (Å²) >= 11 is 0. The van der Waals surface area contributed by atoms with Crippen LogP contribution in [0.15, 0.2) is 12.2 Å². The molecule has 25 heavy (non-hydrogen) atoms. The molecule has 3 N–H and O–H groups in total. The van der Waals surface area contributed by atoms with Crippen LogP contribution < -0.4 is 0 Å². The highest BCUT2D eigenvalue weighted by Gasteiger charge is 2.66. The second-order valence-corrected chi connectivity index (χ2v) is 9.73. The molecule has 0 aromatic carbocycles. The normalized spacial score (nSPS) is 57.5. The first-order valence-electron chi connectivity index (χ1n) is 9.92. The molecule has 0 bridgehead atoms. The number of fused-ring (bicyclic) bond motifs is 5. The lowest BCUT2D eigenvalue weighted by molar-refractivity contribution is -0.173. The number of aliphatic hydroxyl groups is 3. The van der Waals surface area contributed by atoms with Crippen molar-refractivity contribution in [3.63, 3.8) is 0 Å². The van der Waals surface area contributed by atoms with Crippen molar-refractivity contribution in [2.45, 2.75) is 77.1 Å². The van der Waals surface area contributed by atoms with Crippen molar-refractivity contribution in [2.24, 2.45) is 34.5 Å². The average Bonchev–Trinajstić information content (AvgIpc) is 2.83. The van der Waals surface area contributed by atoms with Crippen LogP contribution in [-0.4, -0.2) is 38.9 Å². The largest absolute Gasteiger partial charge is 0.393 e. The fourth-order valence-corrected chi connectivity index (χ4v) is 7.43. The van der Waals surface area contributed by atoms with Crippen molar-refractivity contribution in [3.8, 4) is 0 Å². The van der Waals surface area contributed by atoms with Gasteiger partial charge in [-0.05, 0) is 74.5 Å². The fourth-order valence-electron chi connectivity index (χ4n) is 7.43. The molecule has 0 radical (unpaired) electrons. The van der Waals surface area contributed by atoms with E-state index in [-0.39, 0.29) is 28.4 Å². The zero-order chi connectivity index (χ0) is 18.2.